The van der Waals surface area contributed by atoms with Crippen LogP contribution in [0.1, 0.15) is 15.9 Å². The Labute approximate surface area is 190 Å². The fourth-order valence-corrected chi connectivity index (χ4v) is 4.05. The first-order valence-corrected chi connectivity index (χ1v) is 11.3. The second-order valence-corrected chi connectivity index (χ2v) is 8.55. The van der Waals surface area contributed by atoms with Crippen LogP contribution in [0.5, 0.6) is 11.5 Å². The molecule has 0 aromatic heterocycles. The Balaban J connectivity index is 1.58. The molecule has 3 aromatic rings. The summed E-state index contributed by atoms with van der Waals surface area (Å²) in [7, 11) is -2.44. The van der Waals surface area contributed by atoms with Crippen molar-refractivity contribution in [3.8, 4) is 11.5 Å². The molecule has 0 aliphatic rings. The molecule has 3 rings (SSSR count). The van der Waals surface area contributed by atoms with E-state index in [-0.39, 0.29) is 28.5 Å². The Hall–Kier alpha value is -3.66. The highest BCUT2D eigenvalue weighted by molar-refractivity contribution is 7.92. The van der Waals surface area contributed by atoms with Crippen molar-refractivity contribution in [3.05, 3.63) is 83.9 Å². The van der Waals surface area contributed by atoms with E-state index in [1.807, 2.05) is 0 Å². The minimum atomic E-state index is -3.78. The highest BCUT2D eigenvalue weighted by atomic mass is 32.2. The second-order valence-electron chi connectivity index (χ2n) is 6.87. The Morgan fingerprint density at radius 1 is 0.970 bits per heavy atom. The summed E-state index contributed by atoms with van der Waals surface area (Å²) >= 11 is 0. The SMILES string of the molecule is COc1ccc(CCNC(=O)c2ccc(S(=O)(=O)Nc3ccccc3)cc2)cc1OC(F)F. The van der Waals surface area contributed by atoms with Crippen molar-refractivity contribution in [2.24, 2.45) is 0 Å². The smallest absolute Gasteiger partial charge is 0.387 e. The molecule has 0 aliphatic carbocycles. The maximum absolute atomic E-state index is 12.5. The standard InChI is InChI=1S/C23H22F2N2O5S/c1-31-20-12-7-16(15-21(20)32-23(24)25)13-14-26-22(28)17-8-10-19(11-9-17)33(29,30)27-18-5-3-2-4-6-18/h2-12,15,23,27H,13-14H2,1H3,(H,26,28). The van der Waals surface area contributed by atoms with E-state index in [0.29, 0.717) is 17.7 Å². The highest BCUT2D eigenvalue weighted by Gasteiger charge is 2.15. The average molecular weight is 477 g/mol. The van der Waals surface area contributed by atoms with Gasteiger partial charge >= 0.3 is 6.61 Å². The van der Waals surface area contributed by atoms with Gasteiger partial charge in [-0.3, -0.25) is 9.52 Å². The number of hydrogen-bond acceptors (Lipinski definition) is 5. The minimum absolute atomic E-state index is 0.0210. The van der Waals surface area contributed by atoms with E-state index < -0.39 is 22.5 Å². The van der Waals surface area contributed by atoms with Gasteiger partial charge < -0.3 is 14.8 Å². The third-order valence-electron chi connectivity index (χ3n) is 4.60. The number of sulfonamides is 1. The number of rotatable bonds is 10. The second kappa shape index (κ2) is 10.8. The van der Waals surface area contributed by atoms with Crippen LogP contribution in [-0.2, 0) is 16.4 Å². The van der Waals surface area contributed by atoms with Crippen LogP contribution in [0.2, 0.25) is 0 Å². The quantitative estimate of drug-likeness (QED) is 0.460. The van der Waals surface area contributed by atoms with Gasteiger partial charge in [0.25, 0.3) is 15.9 Å². The predicted octanol–water partition coefficient (Wildman–Crippen LogP) is 4.07. The van der Waals surface area contributed by atoms with Gasteiger partial charge in [0, 0.05) is 17.8 Å². The molecule has 0 atom stereocenters. The largest absolute Gasteiger partial charge is 0.493 e. The number of nitrogens with one attached hydrogen (secondary N) is 2. The van der Waals surface area contributed by atoms with Crippen molar-refractivity contribution >= 4 is 21.6 Å². The van der Waals surface area contributed by atoms with Gasteiger partial charge in [-0.15, -0.1) is 0 Å². The van der Waals surface area contributed by atoms with Crippen LogP contribution >= 0.6 is 0 Å². The van der Waals surface area contributed by atoms with Gasteiger partial charge in [0.05, 0.1) is 12.0 Å². The molecule has 0 saturated heterocycles. The zero-order valence-electron chi connectivity index (χ0n) is 17.6. The Morgan fingerprint density at radius 2 is 1.67 bits per heavy atom. The normalized spacial score (nSPS) is 11.2. The Bertz CT molecular complexity index is 1190. The Morgan fingerprint density at radius 3 is 2.30 bits per heavy atom. The molecule has 7 nitrogen and oxygen atoms in total. The lowest BCUT2D eigenvalue weighted by Gasteiger charge is -2.12. The van der Waals surface area contributed by atoms with Crippen molar-refractivity contribution in [3.63, 3.8) is 0 Å². The number of ether oxygens (including phenoxy) is 2. The number of anilines is 1. The van der Waals surface area contributed by atoms with Crippen LogP contribution < -0.4 is 19.5 Å². The van der Waals surface area contributed by atoms with Gasteiger partial charge in [-0.25, -0.2) is 8.42 Å². The third-order valence-corrected chi connectivity index (χ3v) is 5.99. The van der Waals surface area contributed by atoms with Crippen molar-refractivity contribution in [2.75, 3.05) is 18.4 Å². The number of alkyl halides is 2. The van der Waals surface area contributed by atoms with Gasteiger partial charge in [0.2, 0.25) is 0 Å². The summed E-state index contributed by atoms with van der Waals surface area (Å²) in [4.78, 5) is 12.4. The summed E-state index contributed by atoms with van der Waals surface area (Å²) in [5.74, 6) is -0.301. The molecule has 174 valence electrons. The first-order chi connectivity index (χ1) is 15.8. The van der Waals surface area contributed by atoms with E-state index in [2.05, 4.69) is 14.8 Å². The van der Waals surface area contributed by atoms with E-state index in [1.165, 1.54) is 43.5 Å². The number of carbonyl (C=O) groups excluding carboxylic acids is 1. The lowest BCUT2D eigenvalue weighted by atomic mass is 10.1. The summed E-state index contributed by atoms with van der Waals surface area (Å²) < 4.78 is 62.0. The molecule has 0 saturated carbocycles. The first kappa shape index (κ1) is 24.0. The molecular weight excluding hydrogens is 454 g/mol. The maximum atomic E-state index is 12.5. The molecule has 1 amide bonds. The topological polar surface area (TPSA) is 93.7 Å². The lowest BCUT2D eigenvalue weighted by Crippen LogP contribution is -2.25. The van der Waals surface area contributed by atoms with Gasteiger partial charge in [-0.05, 0) is 60.5 Å². The molecule has 0 bridgehead atoms. The molecule has 0 spiro atoms. The number of para-hydroxylation sites is 1. The third kappa shape index (κ3) is 6.66. The van der Waals surface area contributed by atoms with Gasteiger partial charge in [0.15, 0.2) is 11.5 Å². The van der Waals surface area contributed by atoms with E-state index in [1.54, 1.807) is 36.4 Å². The summed E-state index contributed by atoms with van der Waals surface area (Å²) in [5, 5.41) is 2.71. The highest BCUT2D eigenvalue weighted by Crippen LogP contribution is 2.29. The first-order valence-electron chi connectivity index (χ1n) is 9.86. The molecule has 2 N–H and O–H groups in total. The van der Waals surface area contributed by atoms with Crippen molar-refractivity contribution in [1.29, 1.82) is 0 Å². The molecule has 33 heavy (non-hydrogen) atoms. The molecular formula is C23H22F2N2O5S. The van der Waals surface area contributed by atoms with E-state index in [9.17, 15) is 22.0 Å². The van der Waals surface area contributed by atoms with Gasteiger partial charge in [-0.2, -0.15) is 8.78 Å². The van der Waals surface area contributed by atoms with Gasteiger partial charge in [0.1, 0.15) is 0 Å². The van der Waals surface area contributed by atoms with Crippen molar-refractivity contribution in [2.45, 2.75) is 17.9 Å². The zero-order valence-corrected chi connectivity index (χ0v) is 18.4. The van der Waals surface area contributed by atoms with Crippen molar-refractivity contribution in [1.82, 2.24) is 5.32 Å². The monoisotopic (exact) mass is 476 g/mol. The number of halogens is 2. The summed E-state index contributed by atoms with van der Waals surface area (Å²) in [6.07, 6.45) is 0.364. The summed E-state index contributed by atoms with van der Waals surface area (Å²) in [6, 6.07) is 18.6. The molecule has 3 aromatic carbocycles. The molecule has 0 fully saturated rings. The average Bonchev–Trinajstić information content (AvgIpc) is 2.79. The fourth-order valence-electron chi connectivity index (χ4n) is 2.99. The van der Waals surface area contributed by atoms with Gasteiger partial charge in [-0.1, -0.05) is 24.3 Å². The van der Waals surface area contributed by atoms with Crippen LogP contribution in [0.25, 0.3) is 0 Å². The number of benzene rings is 3. The molecule has 0 heterocycles. The maximum Gasteiger partial charge on any atom is 0.387 e. The van der Waals surface area contributed by atoms with Crippen molar-refractivity contribution < 1.29 is 31.5 Å². The number of hydrogen-bond donors (Lipinski definition) is 2. The van der Waals surface area contributed by atoms with Crippen LogP contribution in [-0.4, -0.2) is 34.6 Å². The molecule has 0 radical (unpaired) electrons. The van der Waals surface area contributed by atoms with Crippen LogP contribution in [0.4, 0.5) is 14.5 Å². The molecule has 0 unspecified atom stereocenters. The predicted molar refractivity (Wildman–Crippen MR) is 119 cm³/mol. The van der Waals surface area contributed by atoms with E-state index >= 15 is 0 Å². The number of carbonyl (C=O) groups is 1. The van der Waals surface area contributed by atoms with E-state index in [4.69, 9.17) is 4.74 Å². The van der Waals surface area contributed by atoms with Crippen LogP contribution in [0.3, 0.4) is 0 Å². The van der Waals surface area contributed by atoms with E-state index in [0.717, 1.165) is 0 Å². The lowest BCUT2D eigenvalue weighted by molar-refractivity contribution is -0.0512. The number of methoxy groups -OCH3 is 1. The summed E-state index contributed by atoms with van der Waals surface area (Å²) in [6.45, 7) is -2.75. The van der Waals surface area contributed by atoms with Crippen LogP contribution in [0.15, 0.2) is 77.7 Å². The number of amides is 1. The van der Waals surface area contributed by atoms with Crippen LogP contribution in [0, 0.1) is 0 Å². The summed E-state index contributed by atoms with van der Waals surface area (Å²) in [5.41, 5.74) is 1.38. The molecule has 0 aliphatic heterocycles. The Kier molecular flexibility index (Phi) is 7.83. The fraction of sp³-hybridized carbons (Fsp3) is 0.174. The minimum Gasteiger partial charge on any atom is -0.493 e. The zero-order chi connectivity index (χ0) is 23.8. The molecule has 10 heteroatoms.